The number of benzene rings is 1. The average Bonchev–Trinajstić information content (AvgIpc) is 2.90. The van der Waals surface area contributed by atoms with Crippen molar-refractivity contribution >= 4 is 29.5 Å². The van der Waals surface area contributed by atoms with E-state index in [9.17, 15) is 9.59 Å². The van der Waals surface area contributed by atoms with Gasteiger partial charge in [-0.3, -0.25) is 0 Å². The molecule has 2 N–H and O–H groups in total. The van der Waals surface area contributed by atoms with Crippen molar-refractivity contribution in [2.75, 3.05) is 7.05 Å². The Balaban J connectivity index is 0.00000156. The number of amides is 1. The number of nitrogens with one attached hydrogen (secondary N) is 2. The summed E-state index contributed by atoms with van der Waals surface area (Å²) in [5.74, 6) is 0. The summed E-state index contributed by atoms with van der Waals surface area (Å²) in [6, 6.07) is 8.21. The van der Waals surface area contributed by atoms with Crippen molar-refractivity contribution in [2.45, 2.75) is 43.8 Å². The molecule has 2 fully saturated rings. The Bertz CT molecular complexity index is 770. The maximum absolute atomic E-state index is 12.5. The number of rotatable bonds is 1. The number of hydrogen-bond donors (Lipinski definition) is 2. The predicted octanol–water partition coefficient (Wildman–Crippen LogP) is 1.93. The molecule has 124 valence electrons. The molecule has 0 spiro atoms. The van der Waals surface area contributed by atoms with Crippen molar-refractivity contribution in [3.05, 3.63) is 34.7 Å². The zero-order chi connectivity index (χ0) is 15.3. The third kappa shape index (κ3) is 2.66. The first kappa shape index (κ1) is 16.1. The van der Waals surface area contributed by atoms with Crippen molar-refractivity contribution in [1.82, 2.24) is 19.8 Å². The van der Waals surface area contributed by atoms with Crippen LogP contribution in [-0.2, 0) is 0 Å². The first-order valence-corrected chi connectivity index (χ1v) is 7.86. The molecule has 1 unspecified atom stereocenters. The molecule has 1 aromatic carbocycles. The molecule has 2 aromatic rings. The third-order valence-electron chi connectivity index (χ3n) is 5.22. The van der Waals surface area contributed by atoms with Crippen LogP contribution in [0.15, 0.2) is 29.1 Å². The van der Waals surface area contributed by atoms with E-state index in [1.54, 1.807) is 12.1 Å². The van der Waals surface area contributed by atoms with Gasteiger partial charge in [-0.15, -0.1) is 12.4 Å². The van der Waals surface area contributed by atoms with Crippen molar-refractivity contribution in [2.24, 2.45) is 0 Å². The summed E-state index contributed by atoms with van der Waals surface area (Å²) >= 11 is 0. The lowest BCUT2D eigenvalue weighted by Gasteiger charge is -2.36. The van der Waals surface area contributed by atoms with Crippen molar-refractivity contribution in [3.8, 4) is 0 Å². The van der Waals surface area contributed by atoms with Crippen LogP contribution in [0.1, 0.15) is 25.7 Å². The Morgan fingerprint density at radius 2 is 1.87 bits per heavy atom. The highest BCUT2D eigenvalue weighted by Gasteiger charge is 2.39. The molecule has 1 aromatic heterocycles. The number of piperidine rings is 1. The fourth-order valence-corrected chi connectivity index (χ4v) is 4.02. The van der Waals surface area contributed by atoms with E-state index >= 15 is 0 Å². The van der Waals surface area contributed by atoms with Crippen LogP contribution in [0.25, 0.3) is 11.0 Å². The summed E-state index contributed by atoms with van der Waals surface area (Å²) in [4.78, 5) is 29.7. The largest absolute Gasteiger partial charge is 0.334 e. The van der Waals surface area contributed by atoms with E-state index in [-0.39, 0.29) is 30.2 Å². The Hall–Kier alpha value is -1.79. The molecule has 23 heavy (non-hydrogen) atoms. The van der Waals surface area contributed by atoms with Gasteiger partial charge in [0, 0.05) is 18.1 Å². The molecule has 3 heterocycles. The number of carbonyl (C=O) groups excluding carboxylic acids is 1. The van der Waals surface area contributed by atoms with E-state index < -0.39 is 0 Å². The lowest BCUT2D eigenvalue weighted by atomic mass is 9.98. The fourth-order valence-electron chi connectivity index (χ4n) is 4.02. The molecule has 0 saturated carbocycles. The number of imidazole rings is 1. The SMILES string of the molecule is CN1[C@@H]2CC[C@H]1CC(NC(=O)n1c(=O)[nH]c3ccccc31)C2.Cl. The normalized spacial score (nSPS) is 26.9. The van der Waals surface area contributed by atoms with Gasteiger partial charge in [-0.05, 0) is 44.9 Å². The highest BCUT2D eigenvalue weighted by molar-refractivity contribution is 5.89. The fraction of sp³-hybridized carbons (Fsp3) is 0.500. The maximum Gasteiger partial charge on any atom is 0.334 e. The van der Waals surface area contributed by atoms with E-state index in [1.807, 2.05) is 12.1 Å². The van der Waals surface area contributed by atoms with Crippen LogP contribution in [0.3, 0.4) is 0 Å². The van der Waals surface area contributed by atoms with Crippen LogP contribution in [0.4, 0.5) is 4.79 Å². The molecule has 1 amide bonds. The Morgan fingerprint density at radius 1 is 1.22 bits per heavy atom. The number of para-hydroxylation sites is 2. The highest BCUT2D eigenvalue weighted by atomic mass is 35.5. The number of hydrogen-bond acceptors (Lipinski definition) is 3. The molecular weight excluding hydrogens is 316 g/mol. The lowest BCUT2D eigenvalue weighted by molar-refractivity contribution is 0.150. The molecule has 2 bridgehead atoms. The summed E-state index contributed by atoms with van der Waals surface area (Å²) in [7, 11) is 2.17. The Labute approximate surface area is 140 Å². The smallest absolute Gasteiger partial charge is 0.334 e. The van der Waals surface area contributed by atoms with Gasteiger partial charge in [-0.25, -0.2) is 14.2 Å². The Kier molecular flexibility index (Phi) is 4.21. The van der Waals surface area contributed by atoms with Gasteiger partial charge < -0.3 is 15.2 Å². The second-order valence-corrected chi connectivity index (χ2v) is 6.45. The molecule has 6 nitrogen and oxygen atoms in total. The first-order chi connectivity index (χ1) is 10.6. The highest BCUT2D eigenvalue weighted by Crippen LogP contribution is 2.34. The molecular formula is C16H21ClN4O2. The van der Waals surface area contributed by atoms with Crippen LogP contribution in [-0.4, -0.2) is 45.7 Å². The van der Waals surface area contributed by atoms with Gasteiger partial charge in [-0.2, -0.15) is 0 Å². The summed E-state index contributed by atoms with van der Waals surface area (Å²) in [5, 5.41) is 3.05. The second kappa shape index (κ2) is 6.02. The molecule has 0 aliphatic carbocycles. The molecule has 3 atom stereocenters. The average molecular weight is 337 g/mol. The minimum atomic E-state index is -0.380. The second-order valence-electron chi connectivity index (χ2n) is 6.45. The summed E-state index contributed by atoms with van der Waals surface area (Å²) < 4.78 is 1.20. The molecule has 2 aliphatic heterocycles. The predicted molar refractivity (Wildman–Crippen MR) is 91.3 cm³/mol. The molecule has 4 rings (SSSR count). The van der Waals surface area contributed by atoms with Crippen molar-refractivity contribution in [1.29, 1.82) is 0 Å². The number of halogens is 1. The number of aromatic amines is 1. The van der Waals surface area contributed by atoms with Crippen molar-refractivity contribution in [3.63, 3.8) is 0 Å². The van der Waals surface area contributed by atoms with Crippen LogP contribution in [0.5, 0.6) is 0 Å². The van der Waals surface area contributed by atoms with E-state index in [0.717, 1.165) is 12.8 Å². The van der Waals surface area contributed by atoms with Gasteiger partial charge in [-0.1, -0.05) is 12.1 Å². The van der Waals surface area contributed by atoms with E-state index in [0.29, 0.717) is 23.1 Å². The number of nitrogens with zero attached hydrogens (tertiary/aromatic N) is 2. The number of carbonyl (C=O) groups is 1. The van der Waals surface area contributed by atoms with Gasteiger partial charge in [0.05, 0.1) is 11.0 Å². The van der Waals surface area contributed by atoms with Gasteiger partial charge in [0.15, 0.2) is 0 Å². The number of aromatic nitrogens is 2. The lowest BCUT2D eigenvalue weighted by Crippen LogP contribution is -2.50. The van der Waals surface area contributed by atoms with Gasteiger partial charge in [0.1, 0.15) is 0 Å². The van der Waals surface area contributed by atoms with Crippen LogP contribution in [0.2, 0.25) is 0 Å². The quantitative estimate of drug-likeness (QED) is 0.836. The van der Waals surface area contributed by atoms with Gasteiger partial charge in [0.25, 0.3) is 0 Å². The monoisotopic (exact) mass is 336 g/mol. The molecule has 2 saturated heterocycles. The van der Waals surface area contributed by atoms with E-state index in [4.69, 9.17) is 0 Å². The maximum atomic E-state index is 12.5. The van der Waals surface area contributed by atoms with Crippen molar-refractivity contribution < 1.29 is 4.79 Å². The summed E-state index contributed by atoms with van der Waals surface area (Å²) in [6.45, 7) is 0. The number of H-pyrrole nitrogens is 1. The van der Waals surface area contributed by atoms with Crippen LogP contribution in [0, 0.1) is 0 Å². The summed E-state index contributed by atoms with van der Waals surface area (Å²) in [5.41, 5.74) is 0.932. The standard InChI is InChI=1S/C16H20N4O2.ClH/c1-19-11-6-7-12(19)9-10(8-11)17-15(21)20-14-5-3-2-4-13(14)18-16(20)22;/h2-5,10-12H,6-9H2,1H3,(H,17,21)(H,18,22);1H/t10?,11-,12+;. The third-order valence-corrected chi connectivity index (χ3v) is 5.22. The Morgan fingerprint density at radius 3 is 2.57 bits per heavy atom. The first-order valence-electron chi connectivity index (χ1n) is 7.86. The number of fused-ring (bicyclic) bond motifs is 3. The van der Waals surface area contributed by atoms with E-state index in [2.05, 4.69) is 22.2 Å². The van der Waals surface area contributed by atoms with Gasteiger partial charge >= 0.3 is 11.7 Å². The minimum absolute atomic E-state index is 0. The molecule has 2 aliphatic rings. The minimum Gasteiger partial charge on any atom is -0.334 e. The molecule has 7 heteroatoms. The molecule has 0 radical (unpaired) electrons. The van der Waals surface area contributed by atoms with Gasteiger partial charge in [0.2, 0.25) is 0 Å². The zero-order valence-electron chi connectivity index (χ0n) is 13.0. The van der Waals surface area contributed by atoms with Crippen LogP contribution < -0.4 is 11.0 Å². The van der Waals surface area contributed by atoms with E-state index in [1.165, 1.54) is 17.4 Å². The van der Waals surface area contributed by atoms with Crippen LogP contribution >= 0.6 is 12.4 Å². The zero-order valence-corrected chi connectivity index (χ0v) is 13.8. The summed E-state index contributed by atoms with van der Waals surface area (Å²) in [6.07, 6.45) is 4.35. The topological polar surface area (TPSA) is 70.1 Å².